The molecule has 1 aromatic rings. The van der Waals surface area contributed by atoms with Gasteiger partial charge in [0.2, 0.25) is 0 Å². The summed E-state index contributed by atoms with van der Waals surface area (Å²) >= 11 is 0. The summed E-state index contributed by atoms with van der Waals surface area (Å²) in [6, 6.07) is 5.55. The number of hydrogen-bond donors (Lipinski definition) is 1. The van der Waals surface area contributed by atoms with E-state index in [1.807, 2.05) is 0 Å². The largest absolute Gasteiger partial charge is 0.416 e. The van der Waals surface area contributed by atoms with Crippen LogP contribution in [0.4, 0.5) is 13.2 Å². The molecule has 0 atom stereocenters. The molecule has 0 bridgehead atoms. The maximum absolute atomic E-state index is 12.7. The Morgan fingerprint density at radius 1 is 1.19 bits per heavy atom. The summed E-state index contributed by atoms with van der Waals surface area (Å²) in [7, 11) is 0. The highest BCUT2D eigenvalue weighted by Crippen LogP contribution is 2.30. The van der Waals surface area contributed by atoms with E-state index < -0.39 is 11.7 Å². The summed E-state index contributed by atoms with van der Waals surface area (Å²) in [6.45, 7) is 8.89. The van der Waals surface area contributed by atoms with Gasteiger partial charge in [-0.05, 0) is 36.6 Å². The molecular weight excluding hydrogens is 277 g/mol. The van der Waals surface area contributed by atoms with E-state index in [1.165, 1.54) is 12.1 Å². The van der Waals surface area contributed by atoms with Gasteiger partial charge in [-0.1, -0.05) is 39.0 Å². The molecule has 0 saturated carbocycles. The van der Waals surface area contributed by atoms with Crippen molar-refractivity contribution in [1.29, 1.82) is 0 Å². The van der Waals surface area contributed by atoms with Crippen LogP contribution in [0.15, 0.2) is 24.3 Å². The van der Waals surface area contributed by atoms with Crippen LogP contribution in [0.25, 0.3) is 0 Å². The normalized spacial score (nSPS) is 13.0. The van der Waals surface area contributed by atoms with Crippen molar-refractivity contribution in [1.82, 2.24) is 4.90 Å². The molecule has 0 unspecified atom stereocenters. The first-order valence-corrected chi connectivity index (χ1v) is 7.26. The van der Waals surface area contributed by atoms with Gasteiger partial charge in [-0.2, -0.15) is 13.2 Å². The summed E-state index contributed by atoms with van der Waals surface area (Å²) in [6.07, 6.45) is -3.33. The van der Waals surface area contributed by atoms with Crippen molar-refractivity contribution in [3.05, 3.63) is 35.4 Å². The molecule has 0 saturated heterocycles. The van der Waals surface area contributed by atoms with Crippen molar-refractivity contribution >= 4 is 0 Å². The Morgan fingerprint density at radius 2 is 1.86 bits per heavy atom. The van der Waals surface area contributed by atoms with Gasteiger partial charge in [-0.3, -0.25) is 4.90 Å². The van der Waals surface area contributed by atoms with Gasteiger partial charge >= 0.3 is 6.18 Å². The zero-order valence-electron chi connectivity index (χ0n) is 13.0. The van der Waals surface area contributed by atoms with E-state index in [2.05, 4.69) is 25.7 Å². The molecule has 0 spiro atoms. The highest BCUT2D eigenvalue weighted by Gasteiger charge is 2.30. The fraction of sp³-hybridized carbons (Fsp3) is 0.625. The van der Waals surface area contributed by atoms with Gasteiger partial charge < -0.3 is 5.73 Å². The minimum atomic E-state index is -4.29. The second kappa shape index (κ2) is 7.27. The molecule has 2 N–H and O–H groups in total. The Labute approximate surface area is 125 Å². The van der Waals surface area contributed by atoms with Gasteiger partial charge in [0.15, 0.2) is 0 Å². The topological polar surface area (TPSA) is 29.3 Å². The zero-order valence-corrected chi connectivity index (χ0v) is 13.0. The lowest BCUT2D eigenvalue weighted by molar-refractivity contribution is -0.137. The molecule has 0 heterocycles. The number of benzene rings is 1. The van der Waals surface area contributed by atoms with Gasteiger partial charge in [0.25, 0.3) is 0 Å². The van der Waals surface area contributed by atoms with Crippen LogP contribution in [0.5, 0.6) is 0 Å². The van der Waals surface area contributed by atoms with Crippen LogP contribution >= 0.6 is 0 Å². The Kier molecular flexibility index (Phi) is 6.23. The van der Waals surface area contributed by atoms with E-state index in [1.54, 1.807) is 6.07 Å². The second-order valence-corrected chi connectivity index (χ2v) is 6.28. The van der Waals surface area contributed by atoms with Crippen molar-refractivity contribution in [2.75, 3.05) is 19.6 Å². The third-order valence-electron chi connectivity index (χ3n) is 3.40. The SMILES string of the molecule is CCCN(Cc1cccc(C(F)(F)F)c1)CC(C)(C)CN. The van der Waals surface area contributed by atoms with Crippen LogP contribution in [0.2, 0.25) is 0 Å². The van der Waals surface area contributed by atoms with Crippen LogP contribution in [0.1, 0.15) is 38.3 Å². The average Bonchev–Trinajstić information content (AvgIpc) is 2.38. The van der Waals surface area contributed by atoms with E-state index in [0.29, 0.717) is 18.7 Å². The van der Waals surface area contributed by atoms with Gasteiger partial charge in [-0.15, -0.1) is 0 Å². The number of nitrogens with two attached hydrogens (primary N) is 1. The van der Waals surface area contributed by atoms with Crippen LogP contribution in [-0.2, 0) is 12.7 Å². The zero-order chi connectivity index (χ0) is 16.1. The van der Waals surface area contributed by atoms with E-state index >= 15 is 0 Å². The lowest BCUT2D eigenvalue weighted by Crippen LogP contribution is -2.38. The summed E-state index contributed by atoms with van der Waals surface area (Å²) in [5.74, 6) is 0. The smallest absolute Gasteiger partial charge is 0.330 e. The van der Waals surface area contributed by atoms with Crippen molar-refractivity contribution < 1.29 is 13.2 Å². The van der Waals surface area contributed by atoms with E-state index in [0.717, 1.165) is 25.6 Å². The van der Waals surface area contributed by atoms with Crippen molar-refractivity contribution in [3.63, 3.8) is 0 Å². The van der Waals surface area contributed by atoms with Gasteiger partial charge in [0, 0.05) is 13.1 Å². The first-order valence-electron chi connectivity index (χ1n) is 7.26. The minimum Gasteiger partial charge on any atom is -0.330 e. The lowest BCUT2D eigenvalue weighted by atomic mass is 9.92. The molecule has 0 aliphatic carbocycles. The molecular formula is C16H25F3N2. The molecule has 0 amide bonds. The number of halogens is 3. The van der Waals surface area contributed by atoms with E-state index in [4.69, 9.17) is 5.73 Å². The highest BCUT2D eigenvalue weighted by atomic mass is 19.4. The minimum absolute atomic E-state index is 0.0448. The first kappa shape index (κ1) is 18.0. The monoisotopic (exact) mass is 302 g/mol. The highest BCUT2D eigenvalue weighted by molar-refractivity contribution is 5.25. The summed E-state index contributed by atoms with van der Waals surface area (Å²) in [5.41, 5.74) is 5.80. The number of rotatable bonds is 7. The Bertz CT molecular complexity index is 441. The number of nitrogens with zero attached hydrogens (tertiary/aromatic N) is 1. The Hall–Kier alpha value is -1.07. The molecule has 0 radical (unpaired) electrons. The molecule has 120 valence electrons. The number of hydrogen-bond acceptors (Lipinski definition) is 2. The van der Waals surface area contributed by atoms with Gasteiger partial charge in [0.05, 0.1) is 5.56 Å². The average molecular weight is 302 g/mol. The quantitative estimate of drug-likeness (QED) is 0.827. The summed E-state index contributed by atoms with van der Waals surface area (Å²) in [5, 5.41) is 0. The Balaban J connectivity index is 2.84. The summed E-state index contributed by atoms with van der Waals surface area (Å²) in [4.78, 5) is 2.17. The van der Waals surface area contributed by atoms with Crippen LogP contribution in [0, 0.1) is 5.41 Å². The molecule has 0 aromatic heterocycles. The Morgan fingerprint density at radius 3 is 2.38 bits per heavy atom. The van der Waals surface area contributed by atoms with Crippen molar-refractivity contribution in [2.45, 2.75) is 39.9 Å². The van der Waals surface area contributed by atoms with Crippen molar-refractivity contribution in [3.8, 4) is 0 Å². The fourth-order valence-corrected chi connectivity index (χ4v) is 2.30. The van der Waals surface area contributed by atoms with Gasteiger partial charge in [0.1, 0.15) is 0 Å². The molecule has 5 heteroatoms. The molecule has 2 nitrogen and oxygen atoms in total. The molecule has 0 fully saturated rings. The second-order valence-electron chi connectivity index (χ2n) is 6.28. The van der Waals surface area contributed by atoms with Crippen molar-refractivity contribution in [2.24, 2.45) is 11.1 Å². The molecule has 0 aliphatic rings. The van der Waals surface area contributed by atoms with Crippen LogP contribution < -0.4 is 5.73 Å². The third kappa shape index (κ3) is 6.06. The summed E-state index contributed by atoms with van der Waals surface area (Å²) < 4.78 is 38.2. The number of alkyl halides is 3. The molecule has 21 heavy (non-hydrogen) atoms. The lowest BCUT2D eigenvalue weighted by Gasteiger charge is -2.31. The predicted octanol–water partition coefficient (Wildman–Crippen LogP) is 3.90. The van der Waals surface area contributed by atoms with E-state index in [9.17, 15) is 13.2 Å². The third-order valence-corrected chi connectivity index (χ3v) is 3.40. The standard InChI is InChI=1S/C16H25F3N2/c1-4-8-21(12-15(2,3)11-20)10-13-6-5-7-14(9-13)16(17,18)19/h5-7,9H,4,8,10-12,20H2,1-3H3. The van der Waals surface area contributed by atoms with Gasteiger partial charge in [-0.25, -0.2) is 0 Å². The molecule has 1 aromatic carbocycles. The maximum Gasteiger partial charge on any atom is 0.416 e. The van der Waals surface area contributed by atoms with E-state index in [-0.39, 0.29) is 5.41 Å². The molecule has 0 aliphatic heterocycles. The molecule has 1 rings (SSSR count). The predicted molar refractivity (Wildman–Crippen MR) is 79.8 cm³/mol. The van der Waals surface area contributed by atoms with Crippen LogP contribution in [-0.4, -0.2) is 24.5 Å². The maximum atomic E-state index is 12.7. The van der Waals surface area contributed by atoms with Crippen LogP contribution in [0.3, 0.4) is 0 Å². The first-order chi connectivity index (χ1) is 9.68. The fourth-order valence-electron chi connectivity index (χ4n) is 2.30.